The number of hydrogen-bond acceptors (Lipinski definition) is 5. The van der Waals surface area contributed by atoms with E-state index < -0.39 is 12.7 Å². The second-order valence-corrected chi connectivity index (χ2v) is 6.51. The van der Waals surface area contributed by atoms with Crippen molar-refractivity contribution in [3.8, 4) is 11.4 Å². The highest BCUT2D eigenvalue weighted by Crippen LogP contribution is 2.31. The van der Waals surface area contributed by atoms with E-state index in [4.69, 9.17) is 0 Å². The Bertz CT molecular complexity index is 790. The second kappa shape index (κ2) is 6.95. The molecule has 0 aliphatic carbocycles. The van der Waals surface area contributed by atoms with Crippen molar-refractivity contribution in [3.05, 3.63) is 24.0 Å². The van der Waals surface area contributed by atoms with Crippen LogP contribution < -0.4 is 10.6 Å². The number of anilines is 2. The number of carbonyl (C=O) groups is 1. The molecule has 0 unspecified atom stereocenters. The van der Waals surface area contributed by atoms with Gasteiger partial charge < -0.3 is 10.6 Å². The third-order valence-electron chi connectivity index (χ3n) is 3.57. The fourth-order valence-corrected chi connectivity index (χ4v) is 2.88. The monoisotopic (exact) mass is 371 g/mol. The van der Waals surface area contributed by atoms with Gasteiger partial charge in [-0.15, -0.1) is 0 Å². The first-order valence-electron chi connectivity index (χ1n) is 7.53. The van der Waals surface area contributed by atoms with Crippen LogP contribution in [0.5, 0.6) is 0 Å². The highest BCUT2D eigenvalue weighted by atomic mass is 32.2. The zero-order valence-electron chi connectivity index (χ0n) is 13.4. The van der Waals surface area contributed by atoms with Gasteiger partial charge >= 0.3 is 6.18 Å². The van der Waals surface area contributed by atoms with Crippen molar-refractivity contribution < 1.29 is 18.0 Å². The topological polar surface area (TPSA) is 71.8 Å². The van der Waals surface area contributed by atoms with Gasteiger partial charge in [0, 0.05) is 17.7 Å². The Kier molecular flexibility index (Phi) is 4.89. The molecule has 1 aliphatic rings. The van der Waals surface area contributed by atoms with Gasteiger partial charge in [0.2, 0.25) is 5.91 Å². The average molecular weight is 371 g/mol. The molecule has 10 heteroatoms. The van der Waals surface area contributed by atoms with Crippen LogP contribution in [0.4, 0.5) is 24.5 Å². The normalized spacial score (nSPS) is 14.0. The fourth-order valence-electron chi connectivity index (χ4n) is 2.49. The van der Waals surface area contributed by atoms with Crippen LogP contribution in [0.3, 0.4) is 0 Å². The minimum absolute atomic E-state index is 0.135. The Hall–Kier alpha value is -2.23. The van der Waals surface area contributed by atoms with Crippen LogP contribution in [0, 0.1) is 0 Å². The summed E-state index contributed by atoms with van der Waals surface area (Å²) >= 11 is 1.57. The molecule has 0 bridgehead atoms. The van der Waals surface area contributed by atoms with Gasteiger partial charge in [-0.2, -0.15) is 30.0 Å². The zero-order chi connectivity index (χ0) is 18.0. The molecule has 134 valence electrons. The maximum Gasteiger partial charge on any atom is 0.408 e. The zero-order valence-corrected chi connectivity index (χ0v) is 14.2. The molecule has 0 radical (unpaired) electrons. The molecule has 1 amide bonds. The standard InChI is InChI=1S/C15H16F3N5OS/c1-25-5-4-12-21-14(23(22-12)8-15(16,17)18)9-2-3-10-11(6-9)20-13(24)7-19-10/h2-3,6,19H,4-5,7-8H2,1H3,(H,20,24). The van der Waals surface area contributed by atoms with E-state index >= 15 is 0 Å². The quantitative estimate of drug-likeness (QED) is 0.846. The number of halogens is 3. The smallest absolute Gasteiger partial charge is 0.374 e. The summed E-state index contributed by atoms with van der Waals surface area (Å²) in [4.78, 5) is 15.8. The van der Waals surface area contributed by atoms with E-state index in [1.54, 1.807) is 30.0 Å². The number of nitrogens with zero attached hydrogens (tertiary/aromatic N) is 3. The van der Waals surface area contributed by atoms with Crippen molar-refractivity contribution in [2.75, 3.05) is 29.2 Å². The minimum Gasteiger partial charge on any atom is -0.374 e. The summed E-state index contributed by atoms with van der Waals surface area (Å²) < 4.78 is 39.5. The van der Waals surface area contributed by atoms with Crippen molar-refractivity contribution in [3.63, 3.8) is 0 Å². The first-order valence-corrected chi connectivity index (χ1v) is 8.92. The first-order chi connectivity index (χ1) is 11.9. The maximum atomic E-state index is 12.9. The van der Waals surface area contributed by atoms with Gasteiger partial charge in [-0.25, -0.2) is 9.67 Å². The molecule has 1 aromatic carbocycles. The number of carbonyl (C=O) groups excluding carboxylic acids is 1. The predicted molar refractivity (Wildman–Crippen MR) is 90.7 cm³/mol. The van der Waals surface area contributed by atoms with Crippen LogP contribution in [-0.2, 0) is 17.8 Å². The van der Waals surface area contributed by atoms with Crippen LogP contribution in [-0.4, -0.2) is 45.4 Å². The van der Waals surface area contributed by atoms with Crippen molar-refractivity contribution in [2.45, 2.75) is 19.1 Å². The van der Waals surface area contributed by atoms with Crippen LogP contribution >= 0.6 is 11.8 Å². The summed E-state index contributed by atoms with van der Waals surface area (Å²) in [5, 5.41) is 9.64. The molecule has 0 saturated heterocycles. The number of aryl methyl sites for hydroxylation is 1. The molecule has 25 heavy (non-hydrogen) atoms. The summed E-state index contributed by atoms with van der Waals surface area (Å²) in [7, 11) is 0. The molecule has 1 aliphatic heterocycles. The number of nitrogens with one attached hydrogen (secondary N) is 2. The molecular weight excluding hydrogens is 355 g/mol. The highest BCUT2D eigenvalue weighted by Gasteiger charge is 2.31. The van der Waals surface area contributed by atoms with Crippen LogP contribution in [0.15, 0.2) is 18.2 Å². The number of alkyl halides is 3. The van der Waals surface area contributed by atoms with E-state index in [-0.39, 0.29) is 18.3 Å². The number of fused-ring (bicyclic) bond motifs is 1. The van der Waals surface area contributed by atoms with Crippen molar-refractivity contribution in [1.82, 2.24) is 14.8 Å². The van der Waals surface area contributed by atoms with Gasteiger partial charge in [-0.05, 0) is 24.5 Å². The molecular formula is C15H16F3N5OS. The van der Waals surface area contributed by atoms with E-state index in [1.807, 2.05) is 6.26 Å². The molecule has 2 aromatic rings. The average Bonchev–Trinajstić information content (AvgIpc) is 2.93. The van der Waals surface area contributed by atoms with E-state index in [0.717, 1.165) is 10.4 Å². The van der Waals surface area contributed by atoms with Gasteiger partial charge in [-0.1, -0.05) is 0 Å². The van der Waals surface area contributed by atoms with E-state index in [2.05, 4.69) is 20.7 Å². The maximum absolute atomic E-state index is 12.9. The summed E-state index contributed by atoms with van der Waals surface area (Å²) in [6.07, 6.45) is -2.00. The molecule has 1 aromatic heterocycles. The number of benzene rings is 1. The number of rotatable bonds is 5. The van der Waals surface area contributed by atoms with Gasteiger partial charge in [0.15, 0.2) is 11.6 Å². The number of aromatic nitrogens is 3. The van der Waals surface area contributed by atoms with Crippen molar-refractivity contribution in [2.24, 2.45) is 0 Å². The van der Waals surface area contributed by atoms with E-state index in [0.29, 0.717) is 29.2 Å². The van der Waals surface area contributed by atoms with Gasteiger partial charge in [0.05, 0.1) is 17.9 Å². The molecule has 0 atom stereocenters. The number of thioether (sulfide) groups is 1. The Morgan fingerprint density at radius 2 is 2.12 bits per heavy atom. The lowest BCUT2D eigenvalue weighted by atomic mass is 10.1. The van der Waals surface area contributed by atoms with Gasteiger partial charge in [0.1, 0.15) is 6.54 Å². The van der Waals surface area contributed by atoms with E-state index in [9.17, 15) is 18.0 Å². The van der Waals surface area contributed by atoms with Crippen LogP contribution in [0.2, 0.25) is 0 Å². The SMILES string of the molecule is CSCCc1nc(-c2ccc3c(c2)NC(=O)CN3)n(CC(F)(F)F)n1. The number of hydrogen-bond donors (Lipinski definition) is 2. The van der Waals surface area contributed by atoms with E-state index in [1.165, 1.54) is 0 Å². The highest BCUT2D eigenvalue weighted by molar-refractivity contribution is 7.98. The first kappa shape index (κ1) is 17.6. The summed E-state index contributed by atoms with van der Waals surface area (Å²) in [6.45, 7) is -1.05. The molecule has 0 spiro atoms. The second-order valence-electron chi connectivity index (χ2n) is 5.53. The summed E-state index contributed by atoms with van der Waals surface area (Å²) in [5.41, 5.74) is 1.70. The predicted octanol–water partition coefficient (Wildman–Crippen LogP) is 2.78. The molecule has 6 nitrogen and oxygen atoms in total. The van der Waals surface area contributed by atoms with Crippen LogP contribution in [0.1, 0.15) is 5.82 Å². The largest absolute Gasteiger partial charge is 0.408 e. The van der Waals surface area contributed by atoms with Crippen molar-refractivity contribution >= 4 is 29.0 Å². The molecule has 2 N–H and O–H groups in total. The third kappa shape index (κ3) is 4.25. The third-order valence-corrected chi connectivity index (χ3v) is 4.18. The minimum atomic E-state index is -4.40. The summed E-state index contributed by atoms with van der Waals surface area (Å²) in [6, 6.07) is 4.98. The fraction of sp³-hybridized carbons (Fsp3) is 0.400. The van der Waals surface area contributed by atoms with Gasteiger partial charge in [0.25, 0.3) is 0 Å². The molecule has 0 saturated carbocycles. The van der Waals surface area contributed by atoms with Crippen LogP contribution in [0.25, 0.3) is 11.4 Å². The Labute approximate surface area is 146 Å². The Morgan fingerprint density at radius 3 is 2.84 bits per heavy atom. The molecule has 0 fully saturated rings. The lowest BCUT2D eigenvalue weighted by Gasteiger charge is -2.19. The lowest BCUT2D eigenvalue weighted by molar-refractivity contribution is -0.142. The number of amides is 1. The lowest BCUT2D eigenvalue weighted by Crippen LogP contribution is -2.27. The molecule has 2 heterocycles. The Morgan fingerprint density at radius 1 is 1.32 bits per heavy atom. The molecule has 3 rings (SSSR count). The summed E-state index contributed by atoms with van der Waals surface area (Å²) in [5.74, 6) is 1.02. The van der Waals surface area contributed by atoms with Crippen molar-refractivity contribution in [1.29, 1.82) is 0 Å². The Balaban J connectivity index is 1.98. The van der Waals surface area contributed by atoms with Gasteiger partial charge in [-0.3, -0.25) is 4.79 Å².